The van der Waals surface area contributed by atoms with E-state index in [2.05, 4.69) is 4.74 Å². The summed E-state index contributed by atoms with van der Waals surface area (Å²) in [7, 11) is 2.98. The van der Waals surface area contributed by atoms with Crippen LogP contribution in [0.4, 0.5) is 0 Å². The largest absolute Gasteiger partial charge is 0.469 e. The van der Waals surface area contributed by atoms with Crippen LogP contribution in [0, 0.1) is 11.3 Å². The van der Waals surface area contributed by atoms with Gasteiger partial charge in [0.2, 0.25) is 5.91 Å². The van der Waals surface area contributed by atoms with Crippen molar-refractivity contribution < 1.29 is 14.3 Å². The van der Waals surface area contributed by atoms with Gasteiger partial charge in [0.25, 0.3) is 0 Å². The molecule has 5 heteroatoms. The molecule has 100 valence electrons. The van der Waals surface area contributed by atoms with Gasteiger partial charge < -0.3 is 15.4 Å². The molecule has 0 saturated carbocycles. The number of esters is 1. The topological polar surface area (TPSA) is 72.6 Å². The molecule has 0 aromatic rings. The normalized spacial score (nSPS) is 15.0. The Labute approximate surface area is 103 Å². The fourth-order valence-corrected chi connectivity index (χ4v) is 1.38. The van der Waals surface area contributed by atoms with E-state index in [1.165, 1.54) is 12.0 Å². The van der Waals surface area contributed by atoms with E-state index in [4.69, 9.17) is 5.73 Å². The van der Waals surface area contributed by atoms with E-state index >= 15 is 0 Å². The Morgan fingerprint density at radius 3 is 2.18 bits per heavy atom. The first-order chi connectivity index (χ1) is 7.61. The molecule has 5 nitrogen and oxygen atoms in total. The highest BCUT2D eigenvalue weighted by Crippen LogP contribution is 2.19. The Bertz CT molecular complexity index is 284. The summed E-state index contributed by atoms with van der Waals surface area (Å²) in [6.45, 7) is 7.76. The zero-order chi connectivity index (χ0) is 13.8. The smallest absolute Gasteiger partial charge is 0.310 e. The lowest BCUT2D eigenvalue weighted by atomic mass is 9.86. The minimum Gasteiger partial charge on any atom is -0.469 e. The van der Waals surface area contributed by atoms with Crippen molar-refractivity contribution in [2.45, 2.75) is 33.7 Å². The third-order valence-electron chi connectivity index (χ3n) is 2.73. The van der Waals surface area contributed by atoms with Gasteiger partial charge >= 0.3 is 5.97 Å². The second-order valence-electron chi connectivity index (χ2n) is 5.49. The predicted molar refractivity (Wildman–Crippen MR) is 66.2 cm³/mol. The molecular weight excluding hydrogens is 220 g/mol. The van der Waals surface area contributed by atoms with Crippen LogP contribution in [0.1, 0.15) is 27.7 Å². The van der Waals surface area contributed by atoms with Crippen LogP contribution in [0.25, 0.3) is 0 Å². The van der Waals surface area contributed by atoms with Crippen molar-refractivity contribution in [2.75, 3.05) is 20.7 Å². The standard InChI is InChI=1S/C12H24N2O3/c1-8(11(16)17-6)7-14(5)10(15)9(13)12(2,3)4/h8-9H,7,13H2,1-6H3/t8?,9-/m0/s1. The molecule has 0 aliphatic heterocycles. The summed E-state index contributed by atoms with van der Waals surface area (Å²) in [5.41, 5.74) is 5.58. The van der Waals surface area contributed by atoms with Gasteiger partial charge in [-0.15, -0.1) is 0 Å². The second-order valence-corrected chi connectivity index (χ2v) is 5.49. The Balaban J connectivity index is 4.47. The maximum atomic E-state index is 12.0. The highest BCUT2D eigenvalue weighted by atomic mass is 16.5. The van der Waals surface area contributed by atoms with Gasteiger partial charge in [-0.25, -0.2) is 0 Å². The molecule has 0 bridgehead atoms. The number of amides is 1. The molecule has 0 aliphatic carbocycles. The van der Waals surface area contributed by atoms with E-state index in [1.54, 1.807) is 14.0 Å². The van der Waals surface area contributed by atoms with E-state index in [9.17, 15) is 9.59 Å². The maximum Gasteiger partial charge on any atom is 0.310 e. The average molecular weight is 244 g/mol. The van der Waals surface area contributed by atoms with E-state index in [0.717, 1.165) is 0 Å². The minimum absolute atomic E-state index is 0.159. The molecule has 2 atom stereocenters. The van der Waals surface area contributed by atoms with Crippen LogP contribution in [-0.4, -0.2) is 43.5 Å². The lowest BCUT2D eigenvalue weighted by Gasteiger charge is -2.30. The number of methoxy groups -OCH3 is 1. The van der Waals surface area contributed by atoms with Gasteiger partial charge in [-0.3, -0.25) is 9.59 Å². The lowest BCUT2D eigenvalue weighted by molar-refractivity contribution is -0.146. The Morgan fingerprint density at radius 1 is 1.35 bits per heavy atom. The van der Waals surface area contributed by atoms with Crippen molar-refractivity contribution in [3.05, 3.63) is 0 Å². The van der Waals surface area contributed by atoms with Crippen LogP contribution < -0.4 is 5.73 Å². The summed E-state index contributed by atoms with van der Waals surface area (Å²) in [6.07, 6.45) is 0. The number of likely N-dealkylation sites (N-methyl/N-ethyl adjacent to an activating group) is 1. The van der Waals surface area contributed by atoms with Crippen LogP contribution in [0.5, 0.6) is 0 Å². The minimum atomic E-state index is -0.572. The summed E-state index contributed by atoms with van der Waals surface area (Å²) in [6, 6.07) is -0.572. The molecular formula is C12H24N2O3. The average Bonchev–Trinajstić information content (AvgIpc) is 2.24. The monoisotopic (exact) mass is 244 g/mol. The van der Waals surface area contributed by atoms with Crippen LogP contribution >= 0.6 is 0 Å². The third kappa shape index (κ3) is 4.73. The van der Waals surface area contributed by atoms with Gasteiger partial charge in [0.1, 0.15) is 0 Å². The molecule has 0 saturated heterocycles. The van der Waals surface area contributed by atoms with Crippen molar-refractivity contribution in [3.63, 3.8) is 0 Å². The fraction of sp³-hybridized carbons (Fsp3) is 0.833. The summed E-state index contributed by atoms with van der Waals surface area (Å²) < 4.78 is 4.61. The van der Waals surface area contributed by atoms with E-state index in [1.807, 2.05) is 20.8 Å². The van der Waals surface area contributed by atoms with Crippen molar-refractivity contribution in [1.29, 1.82) is 0 Å². The molecule has 0 aromatic carbocycles. The number of carbonyl (C=O) groups excluding carboxylic acids is 2. The molecule has 0 radical (unpaired) electrons. The molecule has 17 heavy (non-hydrogen) atoms. The molecule has 0 heterocycles. The summed E-state index contributed by atoms with van der Waals surface area (Å²) >= 11 is 0. The molecule has 1 unspecified atom stereocenters. The number of hydrogen-bond acceptors (Lipinski definition) is 4. The Hall–Kier alpha value is -1.10. The van der Waals surface area contributed by atoms with E-state index < -0.39 is 6.04 Å². The van der Waals surface area contributed by atoms with Gasteiger partial charge in [-0.1, -0.05) is 27.7 Å². The molecule has 0 fully saturated rings. The summed E-state index contributed by atoms with van der Waals surface area (Å²) in [5.74, 6) is -0.830. The Kier molecular flexibility index (Phi) is 5.61. The van der Waals surface area contributed by atoms with Gasteiger partial charge in [-0.05, 0) is 5.41 Å². The number of ether oxygens (including phenoxy) is 1. The first-order valence-electron chi connectivity index (χ1n) is 5.69. The van der Waals surface area contributed by atoms with Crippen LogP contribution in [0.15, 0.2) is 0 Å². The summed E-state index contributed by atoms with van der Waals surface area (Å²) in [4.78, 5) is 24.7. The van der Waals surface area contributed by atoms with Crippen molar-refractivity contribution >= 4 is 11.9 Å². The maximum absolute atomic E-state index is 12.0. The van der Waals surface area contributed by atoms with Gasteiger partial charge in [0, 0.05) is 13.6 Å². The number of nitrogens with zero attached hydrogens (tertiary/aromatic N) is 1. The van der Waals surface area contributed by atoms with Gasteiger partial charge in [0.05, 0.1) is 19.1 Å². The molecule has 0 rings (SSSR count). The Morgan fingerprint density at radius 2 is 1.82 bits per heavy atom. The third-order valence-corrected chi connectivity index (χ3v) is 2.73. The van der Waals surface area contributed by atoms with E-state index in [0.29, 0.717) is 6.54 Å². The second kappa shape index (κ2) is 6.00. The van der Waals surface area contributed by atoms with Crippen molar-refractivity contribution in [3.8, 4) is 0 Å². The highest BCUT2D eigenvalue weighted by Gasteiger charge is 2.30. The van der Waals surface area contributed by atoms with Gasteiger partial charge in [0.15, 0.2) is 0 Å². The quantitative estimate of drug-likeness (QED) is 0.736. The van der Waals surface area contributed by atoms with Crippen LogP contribution in [-0.2, 0) is 14.3 Å². The van der Waals surface area contributed by atoms with Crippen molar-refractivity contribution in [1.82, 2.24) is 4.90 Å². The van der Waals surface area contributed by atoms with Crippen molar-refractivity contribution in [2.24, 2.45) is 17.1 Å². The first kappa shape index (κ1) is 15.9. The summed E-state index contributed by atoms with van der Waals surface area (Å²) in [5, 5.41) is 0. The van der Waals surface area contributed by atoms with Crippen LogP contribution in [0.3, 0.4) is 0 Å². The molecule has 1 amide bonds. The zero-order valence-electron chi connectivity index (χ0n) is 11.6. The molecule has 0 aliphatic rings. The predicted octanol–water partition coefficient (Wildman–Crippen LogP) is 0.627. The fourth-order valence-electron chi connectivity index (χ4n) is 1.38. The van der Waals surface area contributed by atoms with E-state index in [-0.39, 0.29) is 23.2 Å². The zero-order valence-corrected chi connectivity index (χ0v) is 11.6. The SMILES string of the molecule is COC(=O)C(C)CN(C)C(=O)[C@H](N)C(C)(C)C. The van der Waals surface area contributed by atoms with Crippen LogP contribution in [0.2, 0.25) is 0 Å². The number of hydrogen-bond donors (Lipinski definition) is 1. The first-order valence-corrected chi connectivity index (χ1v) is 5.69. The van der Waals surface area contributed by atoms with Gasteiger partial charge in [-0.2, -0.15) is 0 Å². The highest BCUT2D eigenvalue weighted by molar-refractivity contribution is 5.83. The molecule has 0 spiro atoms. The number of nitrogens with two attached hydrogens (primary N) is 1. The molecule has 0 aromatic heterocycles. The number of carbonyl (C=O) groups is 2. The lowest BCUT2D eigenvalue weighted by Crippen LogP contribution is -2.50. The molecule has 2 N–H and O–H groups in total. The number of rotatable bonds is 4.